The number of nitriles is 2. The third-order valence-corrected chi connectivity index (χ3v) is 4.70. The van der Waals surface area contributed by atoms with Crippen LogP contribution in [0.4, 0.5) is 4.79 Å². The van der Waals surface area contributed by atoms with Gasteiger partial charge in [-0.2, -0.15) is 10.5 Å². The van der Waals surface area contributed by atoms with Crippen LogP contribution in [0.2, 0.25) is 0 Å². The number of morpholine rings is 2. The number of hydrogen-bond acceptors (Lipinski definition) is 7. The molecule has 0 saturated carbocycles. The minimum absolute atomic E-state index is 0.0559. The number of rotatable bonds is 4. The molecule has 3 rings (SSSR count). The molecule has 1 aromatic rings. The molecule has 2 saturated heterocycles. The van der Waals surface area contributed by atoms with Gasteiger partial charge in [0.2, 0.25) is 0 Å². The fraction of sp³-hybridized carbons (Fsp3) is 0.571. The number of carbonyl (C=O) groups excluding carboxylic acids is 1. The number of ether oxygens (including phenoxy) is 3. The van der Waals surface area contributed by atoms with E-state index < -0.39 is 5.60 Å². The van der Waals surface area contributed by atoms with E-state index in [-0.39, 0.29) is 18.3 Å². The second-order valence-corrected chi connectivity index (χ2v) is 8.31. The van der Waals surface area contributed by atoms with Gasteiger partial charge in [0.15, 0.2) is 0 Å². The van der Waals surface area contributed by atoms with Crippen LogP contribution in [0.15, 0.2) is 18.2 Å². The molecular formula is C21H26N4O4. The Bertz CT molecular complexity index is 823. The molecule has 154 valence electrons. The summed E-state index contributed by atoms with van der Waals surface area (Å²) in [7, 11) is 0. The molecule has 0 radical (unpaired) electrons. The maximum Gasteiger partial charge on any atom is 0.410 e. The predicted molar refractivity (Wildman–Crippen MR) is 104 cm³/mol. The fourth-order valence-corrected chi connectivity index (χ4v) is 3.53. The van der Waals surface area contributed by atoms with Crippen molar-refractivity contribution in [3.63, 3.8) is 0 Å². The summed E-state index contributed by atoms with van der Waals surface area (Å²) < 4.78 is 17.2. The van der Waals surface area contributed by atoms with E-state index in [1.807, 2.05) is 26.8 Å². The SMILES string of the molecule is CC(C)(C)OC(=O)N1CC2CN(CCOc3ccc(C#N)cc3C#N)CC(C1)O2. The van der Waals surface area contributed by atoms with Crippen LogP contribution < -0.4 is 4.74 Å². The highest BCUT2D eigenvalue weighted by Crippen LogP contribution is 2.22. The molecular weight excluding hydrogens is 372 g/mol. The lowest BCUT2D eigenvalue weighted by atomic mass is 10.1. The molecule has 8 nitrogen and oxygen atoms in total. The van der Waals surface area contributed by atoms with Gasteiger partial charge in [-0.15, -0.1) is 0 Å². The van der Waals surface area contributed by atoms with Crippen LogP contribution in [0.1, 0.15) is 31.9 Å². The first-order valence-corrected chi connectivity index (χ1v) is 9.70. The summed E-state index contributed by atoms with van der Waals surface area (Å²) in [6, 6.07) is 8.90. The van der Waals surface area contributed by atoms with Crippen LogP contribution in [0.5, 0.6) is 5.75 Å². The maximum atomic E-state index is 12.3. The number of nitrogens with zero attached hydrogens (tertiary/aromatic N) is 4. The predicted octanol–water partition coefficient (Wildman–Crippen LogP) is 2.13. The molecule has 8 heteroatoms. The molecule has 2 unspecified atom stereocenters. The van der Waals surface area contributed by atoms with E-state index in [2.05, 4.69) is 11.0 Å². The lowest BCUT2D eigenvalue weighted by Gasteiger charge is -2.45. The summed E-state index contributed by atoms with van der Waals surface area (Å²) in [5, 5.41) is 18.2. The van der Waals surface area contributed by atoms with Crippen LogP contribution in [0, 0.1) is 22.7 Å². The highest BCUT2D eigenvalue weighted by Gasteiger charge is 2.38. The van der Waals surface area contributed by atoms with Crippen molar-refractivity contribution in [3.8, 4) is 17.9 Å². The molecule has 0 aromatic heterocycles. The highest BCUT2D eigenvalue weighted by atomic mass is 16.6. The van der Waals surface area contributed by atoms with Crippen LogP contribution in [0.3, 0.4) is 0 Å². The molecule has 0 aliphatic carbocycles. The van der Waals surface area contributed by atoms with E-state index in [1.165, 1.54) is 6.07 Å². The van der Waals surface area contributed by atoms with Gasteiger partial charge in [-0.25, -0.2) is 4.79 Å². The van der Waals surface area contributed by atoms with Crippen molar-refractivity contribution in [3.05, 3.63) is 29.3 Å². The Balaban J connectivity index is 1.49. The van der Waals surface area contributed by atoms with Crippen molar-refractivity contribution in [2.45, 2.75) is 38.6 Å². The number of amides is 1. The molecule has 1 amide bonds. The van der Waals surface area contributed by atoms with Gasteiger partial charge in [-0.1, -0.05) is 0 Å². The van der Waals surface area contributed by atoms with Crippen molar-refractivity contribution in [2.24, 2.45) is 0 Å². The smallest absolute Gasteiger partial charge is 0.410 e. The van der Waals surface area contributed by atoms with E-state index in [4.69, 9.17) is 19.5 Å². The third kappa shape index (κ3) is 5.60. The first-order chi connectivity index (χ1) is 13.8. The molecule has 0 spiro atoms. The standard InChI is InChI=1S/C21H26N4O4/c1-21(2,3)29-20(26)25-13-17-11-24(12-18(14-25)28-17)6-7-27-19-5-4-15(9-22)8-16(19)10-23/h4-5,8,17-18H,6-7,11-14H2,1-3H3. The second-order valence-electron chi connectivity index (χ2n) is 8.31. The van der Waals surface area contributed by atoms with Gasteiger partial charge in [-0.05, 0) is 39.0 Å². The van der Waals surface area contributed by atoms with E-state index in [9.17, 15) is 10.1 Å². The lowest BCUT2D eigenvalue weighted by Crippen LogP contribution is -2.61. The topological polar surface area (TPSA) is 98.8 Å². The van der Waals surface area contributed by atoms with E-state index >= 15 is 0 Å². The summed E-state index contributed by atoms with van der Waals surface area (Å²) in [6.07, 6.45) is -0.406. The number of carbonyl (C=O) groups is 1. The van der Waals surface area contributed by atoms with E-state index in [0.29, 0.717) is 56.2 Å². The molecule has 2 fully saturated rings. The third-order valence-electron chi connectivity index (χ3n) is 4.70. The normalized spacial score (nSPS) is 21.8. The fourth-order valence-electron chi connectivity index (χ4n) is 3.53. The quantitative estimate of drug-likeness (QED) is 0.766. The van der Waals surface area contributed by atoms with Crippen molar-refractivity contribution in [1.82, 2.24) is 9.80 Å². The minimum atomic E-state index is -0.512. The molecule has 29 heavy (non-hydrogen) atoms. The number of fused-ring (bicyclic) bond motifs is 2. The van der Waals surface area contributed by atoms with Gasteiger partial charge < -0.3 is 19.1 Å². The van der Waals surface area contributed by atoms with Gasteiger partial charge in [0, 0.05) is 19.6 Å². The van der Waals surface area contributed by atoms with Gasteiger partial charge in [0.25, 0.3) is 0 Å². The molecule has 2 aliphatic rings. The Kier molecular flexibility index (Phi) is 6.26. The Morgan fingerprint density at radius 1 is 1.17 bits per heavy atom. The largest absolute Gasteiger partial charge is 0.491 e. The molecule has 1 aromatic carbocycles. The average Bonchev–Trinajstić information content (AvgIpc) is 2.66. The Morgan fingerprint density at radius 2 is 1.86 bits per heavy atom. The Labute approximate surface area is 171 Å². The summed E-state index contributed by atoms with van der Waals surface area (Å²) in [6.45, 7) is 9.13. The number of benzene rings is 1. The zero-order valence-corrected chi connectivity index (χ0v) is 17.1. The molecule has 2 heterocycles. The minimum Gasteiger partial charge on any atom is -0.491 e. The molecule has 2 bridgehead atoms. The summed E-state index contributed by atoms with van der Waals surface area (Å²) >= 11 is 0. The van der Waals surface area contributed by atoms with E-state index in [0.717, 1.165) is 0 Å². The van der Waals surface area contributed by atoms with Crippen LogP contribution in [-0.4, -0.2) is 73.0 Å². The lowest BCUT2D eigenvalue weighted by molar-refractivity contribution is -0.137. The Hall–Kier alpha value is -2.81. The zero-order valence-electron chi connectivity index (χ0n) is 17.1. The maximum absolute atomic E-state index is 12.3. The molecule has 2 aliphatic heterocycles. The summed E-state index contributed by atoms with van der Waals surface area (Å²) in [5.41, 5.74) is 0.280. The summed E-state index contributed by atoms with van der Waals surface area (Å²) in [4.78, 5) is 16.3. The monoisotopic (exact) mass is 398 g/mol. The van der Waals surface area contributed by atoms with Crippen molar-refractivity contribution in [2.75, 3.05) is 39.3 Å². The van der Waals surface area contributed by atoms with Gasteiger partial charge >= 0.3 is 6.09 Å². The zero-order chi connectivity index (χ0) is 21.0. The van der Waals surface area contributed by atoms with Crippen molar-refractivity contribution >= 4 is 6.09 Å². The van der Waals surface area contributed by atoms with E-state index in [1.54, 1.807) is 17.0 Å². The van der Waals surface area contributed by atoms with Crippen molar-refractivity contribution in [1.29, 1.82) is 10.5 Å². The molecule has 0 N–H and O–H groups in total. The summed E-state index contributed by atoms with van der Waals surface area (Å²) in [5.74, 6) is 0.482. The van der Waals surface area contributed by atoms with Gasteiger partial charge in [0.05, 0.1) is 42.5 Å². The Morgan fingerprint density at radius 3 is 2.45 bits per heavy atom. The second kappa shape index (κ2) is 8.69. The van der Waals surface area contributed by atoms with Crippen LogP contribution >= 0.6 is 0 Å². The first-order valence-electron chi connectivity index (χ1n) is 9.70. The number of hydrogen-bond donors (Lipinski definition) is 0. The van der Waals surface area contributed by atoms with Gasteiger partial charge in [0.1, 0.15) is 24.0 Å². The van der Waals surface area contributed by atoms with Crippen LogP contribution in [0.25, 0.3) is 0 Å². The van der Waals surface area contributed by atoms with Gasteiger partial charge in [-0.3, -0.25) is 4.90 Å². The van der Waals surface area contributed by atoms with Crippen LogP contribution in [-0.2, 0) is 9.47 Å². The molecule has 2 atom stereocenters. The average molecular weight is 398 g/mol. The van der Waals surface area contributed by atoms with Crippen molar-refractivity contribution < 1.29 is 19.0 Å². The first kappa shape index (κ1) is 20.9. The highest BCUT2D eigenvalue weighted by molar-refractivity contribution is 5.68.